The van der Waals surface area contributed by atoms with E-state index in [2.05, 4.69) is 9.88 Å². The Balaban J connectivity index is 1.87. The highest BCUT2D eigenvalue weighted by atomic mass is 16.6. The second-order valence-electron chi connectivity index (χ2n) is 7.99. The number of hydrogen-bond acceptors (Lipinski definition) is 7. The van der Waals surface area contributed by atoms with E-state index in [0.29, 0.717) is 12.4 Å². The summed E-state index contributed by atoms with van der Waals surface area (Å²) in [5.41, 5.74) is 1.00. The largest absolute Gasteiger partial charge is 0.469 e. The predicted octanol–water partition coefficient (Wildman–Crippen LogP) is 3.78. The lowest BCUT2D eigenvalue weighted by Gasteiger charge is -2.40. The van der Waals surface area contributed by atoms with E-state index >= 15 is 0 Å². The summed E-state index contributed by atoms with van der Waals surface area (Å²) in [6.07, 6.45) is 1.92. The number of aryl methyl sites for hydroxylation is 1. The van der Waals surface area contributed by atoms with E-state index < -0.39 is 10.3 Å². The van der Waals surface area contributed by atoms with Crippen molar-refractivity contribution in [2.75, 3.05) is 25.1 Å². The Labute approximate surface area is 170 Å². The van der Waals surface area contributed by atoms with Gasteiger partial charge in [-0.05, 0) is 51.7 Å². The molecule has 1 aliphatic heterocycles. The van der Waals surface area contributed by atoms with Gasteiger partial charge in [-0.1, -0.05) is 0 Å². The lowest BCUT2D eigenvalue weighted by atomic mass is 9.74. The Kier molecular flexibility index (Phi) is 5.81. The third kappa shape index (κ3) is 4.36. The number of hydrogen-bond donors (Lipinski definition) is 0. The van der Waals surface area contributed by atoms with Gasteiger partial charge < -0.3 is 9.64 Å². The van der Waals surface area contributed by atoms with Crippen molar-refractivity contribution in [3.8, 4) is 11.4 Å². The summed E-state index contributed by atoms with van der Waals surface area (Å²) in [7, 11) is 1.43. The van der Waals surface area contributed by atoms with Crippen molar-refractivity contribution >= 4 is 17.5 Å². The zero-order valence-electron chi connectivity index (χ0n) is 17.2. The molecule has 3 rings (SSSR count). The molecule has 0 saturated carbocycles. The van der Waals surface area contributed by atoms with Gasteiger partial charge in [-0.3, -0.25) is 14.9 Å². The number of methoxy groups -OCH3 is 1. The third-order valence-corrected chi connectivity index (χ3v) is 5.65. The summed E-state index contributed by atoms with van der Waals surface area (Å²) in [6.45, 7) is 7.32. The number of benzene rings is 1. The minimum Gasteiger partial charge on any atom is -0.469 e. The number of anilines is 1. The molecular weight excluding hydrogens is 372 g/mol. The highest BCUT2D eigenvalue weighted by molar-refractivity contribution is 5.76. The molecule has 8 nitrogen and oxygen atoms in total. The molecule has 1 aromatic carbocycles. The predicted molar refractivity (Wildman–Crippen MR) is 110 cm³/mol. The number of carbonyl (C=O) groups is 1. The van der Waals surface area contributed by atoms with Gasteiger partial charge in [-0.15, -0.1) is 0 Å². The van der Waals surface area contributed by atoms with Crippen LogP contribution < -0.4 is 4.90 Å². The molecule has 0 amide bonds. The quantitative estimate of drug-likeness (QED) is 0.429. The number of nitro groups is 1. The molecule has 29 heavy (non-hydrogen) atoms. The van der Waals surface area contributed by atoms with Crippen LogP contribution in [0, 0.1) is 28.4 Å². The molecular formula is C21H26N4O4. The number of carbonyl (C=O) groups excluding carboxylic acids is 1. The van der Waals surface area contributed by atoms with Crippen molar-refractivity contribution in [1.29, 1.82) is 0 Å². The van der Waals surface area contributed by atoms with E-state index in [4.69, 9.17) is 9.72 Å². The zero-order chi connectivity index (χ0) is 21.2. The van der Waals surface area contributed by atoms with E-state index in [9.17, 15) is 14.9 Å². The second kappa shape index (κ2) is 8.14. The lowest BCUT2D eigenvalue weighted by molar-refractivity contribution is -0.384. The van der Waals surface area contributed by atoms with Crippen LogP contribution in [0.15, 0.2) is 30.3 Å². The summed E-state index contributed by atoms with van der Waals surface area (Å²) in [5.74, 6) is 1.29. The fraction of sp³-hybridized carbons (Fsp3) is 0.476. The summed E-state index contributed by atoms with van der Waals surface area (Å²) < 4.78 is 5.00. The second-order valence-corrected chi connectivity index (χ2v) is 7.99. The third-order valence-electron chi connectivity index (χ3n) is 5.65. The monoisotopic (exact) mass is 398 g/mol. The average Bonchev–Trinajstić information content (AvgIpc) is 2.72. The molecule has 1 fully saturated rings. The number of esters is 1. The van der Waals surface area contributed by atoms with Gasteiger partial charge in [0.1, 0.15) is 5.82 Å². The molecule has 0 N–H and O–H groups in total. The lowest BCUT2D eigenvalue weighted by Crippen LogP contribution is -2.45. The Morgan fingerprint density at radius 3 is 2.59 bits per heavy atom. The van der Waals surface area contributed by atoms with E-state index in [1.807, 2.05) is 26.8 Å². The fourth-order valence-electron chi connectivity index (χ4n) is 3.78. The molecule has 0 bridgehead atoms. The van der Waals surface area contributed by atoms with Crippen LogP contribution in [0.3, 0.4) is 0 Å². The summed E-state index contributed by atoms with van der Waals surface area (Å²) in [6, 6.07) is 8.17. The maximum atomic E-state index is 12.2. The number of nitro benzene ring substituents is 1. The molecule has 0 aliphatic carbocycles. The number of piperidine rings is 1. The highest BCUT2D eigenvalue weighted by Crippen LogP contribution is 2.36. The van der Waals surface area contributed by atoms with Gasteiger partial charge >= 0.3 is 5.97 Å². The summed E-state index contributed by atoms with van der Waals surface area (Å²) in [4.78, 5) is 34.1. The molecule has 1 aromatic heterocycles. The Bertz CT molecular complexity index is 911. The topological polar surface area (TPSA) is 98.5 Å². The first kappa shape index (κ1) is 20.7. The normalized spacial score (nSPS) is 17.1. The standard InChI is InChI=1S/C21H26N4O4/c1-14-12-18(23-19(22-14)15-7-9-17(10-8-15)25(27)28)24-11-5-6-16(13-24)21(2,3)20(26)29-4/h7-10,12,16H,5-6,11,13H2,1-4H3. The Morgan fingerprint density at radius 2 is 1.97 bits per heavy atom. The van der Waals surface area contributed by atoms with Gasteiger partial charge in [0, 0.05) is 42.5 Å². The van der Waals surface area contributed by atoms with Gasteiger partial charge in [-0.25, -0.2) is 9.97 Å². The molecule has 0 spiro atoms. The van der Waals surface area contributed by atoms with Crippen molar-refractivity contribution in [3.05, 3.63) is 46.1 Å². The van der Waals surface area contributed by atoms with Gasteiger partial charge in [0.25, 0.3) is 5.69 Å². The molecule has 0 radical (unpaired) electrons. The van der Waals surface area contributed by atoms with Crippen molar-refractivity contribution in [3.63, 3.8) is 0 Å². The van der Waals surface area contributed by atoms with Crippen molar-refractivity contribution in [1.82, 2.24) is 9.97 Å². The number of rotatable bonds is 5. The Morgan fingerprint density at radius 1 is 1.28 bits per heavy atom. The van der Waals surface area contributed by atoms with Gasteiger partial charge in [-0.2, -0.15) is 0 Å². The average molecular weight is 398 g/mol. The van der Waals surface area contributed by atoms with Crippen LogP contribution >= 0.6 is 0 Å². The maximum Gasteiger partial charge on any atom is 0.311 e. The summed E-state index contributed by atoms with van der Waals surface area (Å²) in [5, 5.41) is 10.9. The number of nitrogens with zero attached hydrogens (tertiary/aromatic N) is 4. The first-order valence-electron chi connectivity index (χ1n) is 9.66. The molecule has 8 heteroatoms. The van der Waals surface area contributed by atoms with Crippen LogP contribution in [0.5, 0.6) is 0 Å². The van der Waals surface area contributed by atoms with Crippen LogP contribution in [0.4, 0.5) is 11.5 Å². The fourth-order valence-corrected chi connectivity index (χ4v) is 3.78. The molecule has 1 unspecified atom stereocenters. The van der Waals surface area contributed by atoms with Crippen LogP contribution in [-0.2, 0) is 9.53 Å². The molecule has 154 valence electrons. The van der Waals surface area contributed by atoms with Crippen molar-refractivity contribution < 1.29 is 14.5 Å². The first-order chi connectivity index (χ1) is 13.7. The summed E-state index contributed by atoms with van der Waals surface area (Å²) >= 11 is 0. The van der Waals surface area contributed by atoms with Crippen LogP contribution in [0.2, 0.25) is 0 Å². The van der Waals surface area contributed by atoms with E-state index in [1.165, 1.54) is 19.2 Å². The number of ether oxygens (including phenoxy) is 1. The van der Waals surface area contributed by atoms with E-state index in [1.54, 1.807) is 12.1 Å². The number of aromatic nitrogens is 2. The smallest absolute Gasteiger partial charge is 0.311 e. The minimum absolute atomic E-state index is 0.0329. The molecule has 2 aromatic rings. The molecule has 1 atom stereocenters. The van der Waals surface area contributed by atoms with Gasteiger partial charge in [0.05, 0.1) is 17.4 Å². The van der Waals surface area contributed by atoms with Crippen molar-refractivity contribution in [2.45, 2.75) is 33.6 Å². The zero-order valence-corrected chi connectivity index (χ0v) is 17.2. The SMILES string of the molecule is COC(=O)C(C)(C)C1CCCN(c2cc(C)nc(-c3ccc([N+](=O)[O-])cc3)n2)C1. The van der Waals surface area contributed by atoms with Crippen LogP contribution in [0.25, 0.3) is 11.4 Å². The number of non-ortho nitro benzene ring substituents is 1. The van der Waals surface area contributed by atoms with Crippen molar-refractivity contribution in [2.24, 2.45) is 11.3 Å². The first-order valence-corrected chi connectivity index (χ1v) is 9.66. The maximum absolute atomic E-state index is 12.2. The Hall–Kier alpha value is -3.03. The molecule has 1 saturated heterocycles. The minimum atomic E-state index is -0.573. The van der Waals surface area contributed by atoms with E-state index in [0.717, 1.165) is 36.5 Å². The van der Waals surface area contributed by atoms with Crippen LogP contribution in [0.1, 0.15) is 32.4 Å². The van der Waals surface area contributed by atoms with Gasteiger partial charge in [0.2, 0.25) is 0 Å². The molecule has 1 aliphatic rings. The van der Waals surface area contributed by atoms with E-state index in [-0.39, 0.29) is 17.6 Å². The molecule has 2 heterocycles. The van der Waals surface area contributed by atoms with Gasteiger partial charge in [0.15, 0.2) is 5.82 Å². The highest BCUT2D eigenvalue weighted by Gasteiger charge is 2.40. The van der Waals surface area contributed by atoms with Crippen LogP contribution in [-0.4, -0.2) is 41.1 Å².